The van der Waals surface area contributed by atoms with Crippen LogP contribution in [0.25, 0.3) is 0 Å². The summed E-state index contributed by atoms with van der Waals surface area (Å²) in [7, 11) is 0. The SMILES string of the molecule is Cc1ccc(C(=O)N2CCC[C@@H](c3ccnc(C)n3)C2)cn1. The zero-order valence-electron chi connectivity index (χ0n) is 13.0. The normalized spacial score (nSPS) is 18.3. The van der Waals surface area contributed by atoms with Crippen LogP contribution in [-0.2, 0) is 0 Å². The maximum absolute atomic E-state index is 12.6. The fraction of sp³-hybridized carbons (Fsp3) is 0.412. The Hall–Kier alpha value is -2.30. The third-order valence-corrected chi connectivity index (χ3v) is 4.08. The molecule has 0 unspecified atom stereocenters. The van der Waals surface area contributed by atoms with Gasteiger partial charge in [0, 0.05) is 42.8 Å². The predicted octanol–water partition coefficient (Wildman–Crippen LogP) is 2.51. The van der Waals surface area contributed by atoms with Gasteiger partial charge in [-0.1, -0.05) is 0 Å². The first kappa shape index (κ1) is 14.6. The Bertz CT molecular complexity index is 669. The Balaban J connectivity index is 1.75. The summed E-state index contributed by atoms with van der Waals surface area (Å²) in [4.78, 5) is 27.4. The first-order valence-corrected chi connectivity index (χ1v) is 7.65. The second-order valence-corrected chi connectivity index (χ2v) is 5.81. The molecule has 0 aliphatic carbocycles. The monoisotopic (exact) mass is 296 g/mol. The van der Waals surface area contributed by atoms with E-state index in [0.717, 1.165) is 36.6 Å². The molecule has 0 saturated carbocycles. The van der Waals surface area contributed by atoms with Crippen LogP contribution in [0, 0.1) is 13.8 Å². The van der Waals surface area contributed by atoms with Gasteiger partial charge >= 0.3 is 0 Å². The van der Waals surface area contributed by atoms with E-state index in [9.17, 15) is 4.79 Å². The Morgan fingerprint density at radius 2 is 2.09 bits per heavy atom. The van der Waals surface area contributed by atoms with Crippen LogP contribution in [0.3, 0.4) is 0 Å². The van der Waals surface area contributed by atoms with Crippen LogP contribution >= 0.6 is 0 Å². The lowest BCUT2D eigenvalue weighted by Crippen LogP contribution is -2.39. The molecule has 0 radical (unpaired) electrons. The fourth-order valence-corrected chi connectivity index (χ4v) is 2.88. The summed E-state index contributed by atoms with van der Waals surface area (Å²) in [6, 6.07) is 5.69. The summed E-state index contributed by atoms with van der Waals surface area (Å²) in [5, 5.41) is 0. The van der Waals surface area contributed by atoms with Crippen molar-refractivity contribution in [3.05, 3.63) is 53.4 Å². The summed E-state index contributed by atoms with van der Waals surface area (Å²) < 4.78 is 0. The van der Waals surface area contributed by atoms with Gasteiger partial charge in [-0.2, -0.15) is 0 Å². The average Bonchev–Trinajstić information content (AvgIpc) is 2.55. The molecule has 5 heteroatoms. The maximum atomic E-state index is 12.6. The lowest BCUT2D eigenvalue weighted by atomic mass is 9.94. The number of piperidine rings is 1. The number of rotatable bonds is 2. The molecular formula is C17H20N4O. The summed E-state index contributed by atoms with van der Waals surface area (Å²) in [5.74, 6) is 1.13. The Kier molecular flexibility index (Phi) is 4.13. The topological polar surface area (TPSA) is 59.0 Å². The molecule has 1 aliphatic heterocycles. The number of hydrogen-bond donors (Lipinski definition) is 0. The second kappa shape index (κ2) is 6.22. The van der Waals surface area contributed by atoms with Gasteiger partial charge in [-0.25, -0.2) is 9.97 Å². The van der Waals surface area contributed by atoms with Gasteiger partial charge in [-0.05, 0) is 44.9 Å². The number of aromatic nitrogens is 3. The van der Waals surface area contributed by atoms with Gasteiger partial charge in [-0.3, -0.25) is 9.78 Å². The number of likely N-dealkylation sites (tertiary alicyclic amines) is 1. The van der Waals surface area contributed by atoms with Gasteiger partial charge in [0.15, 0.2) is 0 Å². The molecule has 2 aromatic rings. The Morgan fingerprint density at radius 3 is 2.82 bits per heavy atom. The molecule has 0 N–H and O–H groups in total. The van der Waals surface area contributed by atoms with Crippen LogP contribution in [-0.4, -0.2) is 38.8 Å². The molecule has 3 rings (SSSR count). The quantitative estimate of drug-likeness (QED) is 0.854. The molecule has 22 heavy (non-hydrogen) atoms. The molecule has 0 aromatic carbocycles. The smallest absolute Gasteiger partial charge is 0.255 e. The highest BCUT2D eigenvalue weighted by Crippen LogP contribution is 2.26. The second-order valence-electron chi connectivity index (χ2n) is 5.81. The molecule has 0 spiro atoms. The minimum Gasteiger partial charge on any atom is -0.338 e. The van der Waals surface area contributed by atoms with Crippen LogP contribution in [0.5, 0.6) is 0 Å². The molecule has 1 fully saturated rings. The largest absolute Gasteiger partial charge is 0.338 e. The van der Waals surface area contributed by atoms with Crippen molar-refractivity contribution in [3.63, 3.8) is 0 Å². The number of aryl methyl sites for hydroxylation is 2. The summed E-state index contributed by atoms with van der Waals surface area (Å²) in [6.45, 7) is 5.33. The first-order chi connectivity index (χ1) is 10.6. The van der Waals surface area contributed by atoms with Gasteiger partial charge in [0.25, 0.3) is 5.91 Å². The van der Waals surface area contributed by atoms with Crippen molar-refractivity contribution in [2.45, 2.75) is 32.6 Å². The van der Waals surface area contributed by atoms with Gasteiger partial charge in [0.2, 0.25) is 0 Å². The molecule has 1 aliphatic rings. The van der Waals surface area contributed by atoms with Crippen molar-refractivity contribution in [3.8, 4) is 0 Å². The van der Waals surface area contributed by atoms with Gasteiger partial charge in [0.1, 0.15) is 5.82 Å². The third kappa shape index (κ3) is 3.13. The van der Waals surface area contributed by atoms with E-state index in [1.165, 1.54) is 0 Å². The van der Waals surface area contributed by atoms with Crippen LogP contribution in [0.4, 0.5) is 0 Å². The molecule has 3 heterocycles. The highest BCUT2D eigenvalue weighted by atomic mass is 16.2. The molecule has 1 amide bonds. The average molecular weight is 296 g/mol. The molecule has 1 saturated heterocycles. The minimum absolute atomic E-state index is 0.0583. The highest BCUT2D eigenvalue weighted by Gasteiger charge is 2.26. The number of carbonyl (C=O) groups excluding carboxylic acids is 1. The van der Waals surface area contributed by atoms with Crippen LogP contribution < -0.4 is 0 Å². The minimum atomic E-state index is 0.0583. The van der Waals surface area contributed by atoms with E-state index in [-0.39, 0.29) is 11.8 Å². The zero-order chi connectivity index (χ0) is 15.5. The molecule has 0 bridgehead atoms. The van der Waals surface area contributed by atoms with Gasteiger partial charge in [0.05, 0.1) is 5.56 Å². The van der Waals surface area contributed by atoms with E-state index in [4.69, 9.17) is 0 Å². The fourth-order valence-electron chi connectivity index (χ4n) is 2.88. The lowest BCUT2D eigenvalue weighted by Gasteiger charge is -2.32. The highest BCUT2D eigenvalue weighted by molar-refractivity contribution is 5.94. The van der Waals surface area contributed by atoms with Gasteiger partial charge in [-0.15, -0.1) is 0 Å². The summed E-state index contributed by atoms with van der Waals surface area (Å²) in [5.41, 5.74) is 2.61. The van der Waals surface area contributed by atoms with E-state index in [1.807, 2.05) is 36.9 Å². The number of hydrogen-bond acceptors (Lipinski definition) is 4. The van der Waals surface area contributed by atoms with E-state index in [0.29, 0.717) is 12.1 Å². The summed E-state index contributed by atoms with van der Waals surface area (Å²) in [6.07, 6.45) is 5.52. The standard InChI is InChI=1S/C17H20N4O/c1-12-5-6-14(10-19-12)17(22)21-9-3-4-15(11-21)16-7-8-18-13(2)20-16/h5-8,10,15H,3-4,9,11H2,1-2H3/t15-/m1/s1. The van der Waals surface area contributed by atoms with Crippen LogP contribution in [0.1, 0.15) is 46.3 Å². The van der Waals surface area contributed by atoms with Crippen molar-refractivity contribution < 1.29 is 4.79 Å². The van der Waals surface area contributed by atoms with Crippen molar-refractivity contribution in [2.24, 2.45) is 0 Å². The first-order valence-electron chi connectivity index (χ1n) is 7.65. The predicted molar refractivity (Wildman–Crippen MR) is 83.6 cm³/mol. The van der Waals surface area contributed by atoms with E-state index in [1.54, 1.807) is 12.4 Å². The zero-order valence-corrected chi connectivity index (χ0v) is 13.0. The van der Waals surface area contributed by atoms with E-state index < -0.39 is 0 Å². The Labute approximate surface area is 130 Å². The molecule has 1 atom stereocenters. The molecule has 2 aromatic heterocycles. The third-order valence-electron chi connectivity index (χ3n) is 4.08. The molecular weight excluding hydrogens is 276 g/mol. The summed E-state index contributed by atoms with van der Waals surface area (Å²) >= 11 is 0. The van der Waals surface area contributed by atoms with Crippen molar-refractivity contribution in [1.82, 2.24) is 19.9 Å². The van der Waals surface area contributed by atoms with Crippen LogP contribution in [0.15, 0.2) is 30.6 Å². The number of amides is 1. The lowest BCUT2D eigenvalue weighted by molar-refractivity contribution is 0.0705. The van der Waals surface area contributed by atoms with Gasteiger partial charge < -0.3 is 4.90 Å². The van der Waals surface area contributed by atoms with Crippen molar-refractivity contribution in [1.29, 1.82) is 0 Å². The van der Waals surface area contributed by atoms with E-state index >= 15 is 0 Å². The van der Waals surface area contributed by atoms with E-state index in [2.05, 4.69) is 15.0 Å². The number of nitrogens with zero attached hydrogens (tertiary/aromatic N) is 4. The molecule has 114 valence electrons. The Morgan fingerprint density at radius 1 is 1.23 bits per heavy atom. The van der Waals surface area contributed by atoms with Crippen LogP contribution in [0.2, 0.25) is 0 Å². The number of carbonyl (C=O) groups is 1. The van der Waals surface area contributed by atoms with Crippen molar-refractivity contribution >= 4 is 5.91 Å². The number of pyridine rings is 1. The maximum Gasteiger partial charge on any atom is 0.255 e. The molecule has 5 nitrogen and oxygen atoms in total. The van der Waals surface area contributed by atoms with Crippen molar-refractivity contribution in [2.75, 3.05) is 13.1 Å².